The Hall–Kier alpha value is 0.531. The lowest BCUT2D eigenvalue weighted by Crippen LogP contribution is -2.37. The van der Waals surface area contributed by atoms with Crippen molar-refractivity contribution < 1.29 is 13.3 Å². The van der Waals surface area contributed by atoms with Gasteiger partial charge in [0.25, 0.3) is 0 Å². The minimum absolute atomic E-state index is 0.352. The molecule has 0 heterocycles. The average molecular weight is 224 g/mol. The quantitative estimate of drug-likeness (QED) is 0.494. The van der Waals surface area contributed by atoms with Gasteiger partial charge in [-0.2, -0.15) is 0 Å². The first-order chi connectivity index (χ1) is 5.85. The Morgan fingerprint density at radius 3 is 2.50 bits per heavy atom. The van der Waals surface area contributed by atoms with Gasteiger partial charge in [0.05, 0.1) is 0 Å². The lowest BCUT2D eigenvalue weighted by atomic mass is 10.5. The fourth-order valence-corrected chi connectivity index (χ4v) is 11.6. The highest BCUT2D eigenvalue weighted by molar-refractivity contribution is 7.34. The van der Waals surface area contributed by atoms with Crippen LogP contribution in [-0.2, 0) is 13.3 Å². The summed E-state index contributed by atoms with van der Waals surface area (Å²) in [4.78, 5) is 0. The largest absolute Gasteiger partial charge is 0.428 e. The molecule has 0 N–H and O–H groups in total. The molecule has 0 aromatic rings. The van der Waals surface area contributed by atoms with Crippen molar-refractivity contribution in [1.29, 1.82) is 0 Å². The summed E-state index contributed by atoms with van der Waals surface area (Å²) < 4.78 is 16.5. The molecular weight excluding hydrogens is 204 g/mol. The molecule has 0 aromatic heterocycles. The normalized spacial score (nSPS) is 15.2. The molecule has 6 heteroatoms. The maximum absolute atomic E-state index is 5.75. The maximum atomic E-state index is 5.75. The van der Waals surface area contributed by atoms with E-state index in [1.54, 1.807) is 7.11 Å². The van der Waals surface area contributed by atoms with E-state index in [1.807, 2.05) is 6.92 Å². The summed E-state index contributed by atoms with van der Waals surface area (Å²) in [5, 5.41) is 0. The Morgan fingerprint density at radius 2 is 2.00 bits per heavy atom. The van der Waals surface area contributed by atoms with Crippen LogP contribution in [0.2, 0.25) is 0 Å². The summed E-state index contributed by atoms with van der Waals surface area (Å²) in [7, 11) is 0.154. The van der Waals surface area contributed by atoms with Crippen molar-refractivity contribution in [2.24, 2.45) is 0 Å². The molecule has 3 nitrogen and oxygen atoms in total. The molecule has 0 amide bonds. The van der Waals surface area contributed by atoms with Gasteiger partial charge in [-0.3, -0.25) is 0 Å². The van der Waals surface area contributed by atoms with Crippen molar-refractivity contribution in [1.82, 2.24) is 0 Å². The molecule has 1 atom stereocenters. The van der Waals surface area contributed by atoms with Gasteiger partial charge >= 0.3 is 0 Å². The first kappa shape index (κ1) is 12.5. The van der Waals surface area contributed by atoms with E-state index in [-0.39, 0.29) is 18.6 Å². The summed E-state index contributed by atoms with van der Waals surface area (Å²) in [6.07, 6.45) is 1.11. The van der Waals surface area contributed by atoms with Crippen molar-refractivity contribution >= 4 is 26.6 Å². The number of rotatable bonds is 8. The van der Waals surface area contributed by atoms with Crippen molar-refractivity contribution in [2.45, 2.75) is 20.3 Å². The molecule has 0 rings (SSSR count). The van der Waals surface area contributed by atoms with Gasteiger partial charge in [-0.05, 0) is 13.3 Å². The van der Waals surface area contributed by atoms with E-state index in [9.17, 15) is 0 Å². The van der Waals surface area contributed by atoms with Crippen LogP contribution >= 0.6 is 0 Å². The Labute approximate surface area is 81.0 Å². The summed E-state index contributed by atoms with van der Waals surface area (Å²) in [6.45, 7) is 5.95. The van der Waals surface area contributed by atoms with Crippen molar-refractivity contribution in [3.05, 3.63) is 0 Å². The molecule has 0 fully saturated rings. The van der Waals surface area contributed by atoms with Crippen LogP contribution in [0.3, 0.4) is 0 Å². The Bertz CT molecular complexity index is 86.1. The third kappa shape index (κ3) is 7.19. The van der Waals surface area contributed by atoms with E-state index in [4.69, 9.17) is 13.3 Å². The Kier molecular flexibility index (Phi) is 10.0. The minimum Gasteiger partial charge on any atom is -0.428 e. The van der Waals surface area contributed by atoms with E-state index < -0.39 is 8.08 Å². The van der Waals surface area contributed by atoms with Gasteiger partial charge in [0.1, 0.15) is 0 Å². The molecule has 74 valence electrons. The smallest absolute Gasteiger partial charge is 0.202 e. The third-order valence-corrected chi connectivity index (χ3v) is 13.4. The van der Waals surface area contributed by atoms with Gasteiger partial charge in [0.15, 0.2) is 18.6 Å². The van der Waals surface area contributed by atoms with Crippen molar-refractivity contribution in [3.8, 4) is 0 Å². The molecule has 0 aliphatic carbocycles. The standard InChI is InChI=1S/C6H20O3Si3/c1-4-6-9-12(10-7-3)11-8-5-2/h12H,4-6,10-11H2,1-3H3. The Balaban J connectivity index is 3.40. The van der Waals surface area contributed by atoms with Crippen LogP contribution in [0.15, 0.2) is 0 Å². The van der Waals surface area contributed by atoms with E-state index in [0.29, 0.717) is 0 Å². The summed E-state index contributed by atoms with van der Waals surface area (Å²) in [5.41, 5.74) is 0. The van der Waals surface area contributed by atoms with Gasteiger partial charge < -0.3 is 13.3 Å². The highest BCUT2D eigenvalue weighted by atomic mass is 29.6. The second-order valence-electron chi connectivity index (χ2n) is 2.61. The molecule has 0 saturated heterocycles. The van der Waals surface area contributed by atoms with E-state index in [1.165, 1.54) is 0 Å². The van der Waals surface area contributed by atoms with Crippen LogP contribution in [0.5, 0.6) is 0 Å². The molecule has 0 aromatic carbocycles. The van der Waals surface area contributed by atoms with Crippen LogP contribution in [0.4, 0.5) is 0 Å². The topological polar surface area (TPSA) is 27.7 Å². The zero-order chi connectivity index (χ0) is 9.23. The van der Waals surface area contributed by atoms with Crippen molar-refractivity contribution in [2.75, 3.05) is 20.3 Å². The van der Waals surface area contributed by atoms with Crippen LogP contribution in [0.25, 0.3) is 0 Å². The highest BCUT2D eigenvalue weighted by Gasteiger charge is 2.13. The summed E-state index contributed by atoms with van der Waals surface area (Å²) in [6, 6.07) is 0. The number of hydrogen-bond donors (Lipinski definition) is 0. The molecule has 0 aliphatic heterocycles. The van der Waals surface area contributed by atoms with Gasteiger partial charge in [-0.25, -0.2) is 0 Å². The molecule has 0 spiro atoms. The van der Waals surface area contributed by atoms with E-state index in [0.717, 1.165) is 19.6 Å². The zero-order valence-corrected chi connectivity index (χ0v) is 12.3. The summed E-state index contributed by atoms with van der Waals surface area (Å²) >= 11 is 0. The fourth-order valence-electron chi connectivity index (χ4n) is 0.864. The molecule has 0 bridgehead atoms. The fraction of sp³-hybridized carbons (Fsp3) is 1.00. The van der Waals surface area contributed by atoms with E-state index in [2.05, 4.69) is 6.92 Å². The van der Waals surface area contributed by atoms with Gasteiger partial charge in [0, 0.05) is 20.3 Å². The SMILES string of the molecule is CCCO[SiH]([SiH2]OC)[SiH2]OCC. The zero-order valence-electron chi connectivity index (χ0n) is 8.34. The molecule has 12 heavy (non-hydrogen) atoms. The Morgan fingerprint density at radius 1 is 1.25 bits per heavy atom. The lowest BCUT2D eigenvalue weighted by Gasteiger charge is -2.13. The second-order valence-corrected chi connectivity index (χ2v) is 16.8. The van der Waals surface area contributed by atoms with Gasteiger partial charge in [0.2, 0.25) is 8.08 Å². The molecule has 0 aliphatic rings. The number of hydrogen-bond acceptors (Lipinski definition) is 3. The predicted molar refractivity (Wildman–Crippen MR) is 59.1 cm³/mol. The predicted octanol–water partition coefficient (Wildman–Crippen LogP) is -1.02. The van der Waals surface area contributed by atoms with Gasteiger partial charge in [-0.15, -0.1) is 0 Å². The van der Waals surface area contributed by atoms with Crippen LogP contribution in [0.1, 0.15) is 20.3 Å². The first-order valence-electron chi connectivity index (χ1n) is 4.53. The lowest BCUT2D eigenvalue weighted by molar-refractivity contribution is 0.320. The molecule has 1 unspecified atom stereocenters. The first-order valence-corrected chi connectivity index (χ1v) is 12.7. The van der Waals surface area contributed by atoms with E-state index >= 15 is 0 Å². The van der Waals surface area contributed by atoms with Crippen LogP contribution < -0.4 is 0 Å². The molecular formula is C6H20O3Si3. The second kappa shape index (κ2) is 9.62. The minimum atomic E-state index is -0.936. The van der Waals surface area contributed by atoms with Crippen LogP contribution in [-0.4, -0.2) is 47.0 Å². The maximum Gasteiger partial charge on any atom is 0.202 e. The van der Waals surface area contributed by atoms with Crippen LogP contribution in [0, 0.1) is 0 Å². The molecule has 0 radical (unpaired) electrons. The van der Waals surface area contributed by atoms with Gasteiger partial charge in [-0.1, -0.05) is 6.92 Å². The monoisotopic (exact) mass is 224 g/mol. The average Bonchev–Trinajstić information content (AvgIpc) is 2.10. The van der Waals surface area contributed by atoms with Crippen molar-refractivity contribution in [3.63, 3.8) is 0 Å². The highest BCUT2D eigenvalue weighted by Crippen LogP contribution is 1.87. The third-order valence-electron chi connectivity index (χ3n) is 1.42. The molecule has 0 saturated carbocycles. The summed E-state index contributed by atoms with van der Waals surface area (Å²) in [5.74, 6) is 0.